The third kappa shape index (κ3) is 2.75. The van der Waals surface area contributed by atoms with Crippen LogP contribution in [0.5, 0.6) is 0 Å². The van der Waals surface area contributed by atoms with Crippen molar-refractivity contribution in [2.75, 3.05) is 0 Å². The van der Waals surface area contributed by atoms with Gasteiger partial charge in [-0.05, 0) is 17.5 Å². The number of aliphatic hydroxyl groups excluding tert-OH is 1. The summed E-state index contributed by atoms with van der Waals surface area (Å²) in [5.74, 6) is -1.48. The molecule has 1 heterocycles. The molecule has 1 N–H and O–H groups in total. The lowest BCUT2D eigenvalue weighted by Gasteiger charge is -2.15. The van der Waals surface area contributed by atoms with Crippen molar-refractivity contribution in [3.05, 3.63) is 56.5 Å². The fraction of sp³-hybridized carbons (Fsp3) is 0.167. The van der Waals surface area contributed by atoms with Crippen LogP contribution in [0.2, 0.25) is 5.02 Å². The van der Waals surface area contributed by atoms with Gasteiger partial charge < -0.3 is 5.11 Å². The molecule has 0 spiro atoms. The molecule has 1 atom stereocenters. The van der Waals surface area contributed by atoms with Crippen LogP contribution in [0.4, 0.5) is 17.6 Å². The predicted molar refractivity (Wildman–Crippen MR) is 64.8 cm³/mol. The van der Waals surface area contributed by atoms with Gasteiger partial charge in [0.1, 0.15) is 11.9 Å². The van der Waals surface area contributed by atoms with E-state index in [4.69, 9.17) is 11.6 Å². The van der Waals surface area contributed by atoms with E-state index in [1.807, 2.05) is 0 Å². The number of rotatable bonds is 2. The number of alkyl halides is 3. The Labute approximate surface area is 115 Å². The molecule has 0 bridgehead atoms. The molecular weight excluding hydrogens is 304 g/mol. The maximum Gasteiger partial charge on any atom is 0.419 e. The van der Waals surface area contributed by atoms with E-state index in [9.17, 15) is 22.7 Å². The number of hydrogen-bond acceptors (Lipinski definition) is 2. The van der Waals surface area contributed by atoms with Crippen LogP contribution in [-0.4, -0.2) is 5.11 Å². The topological polar surface area (TPSA) is 20.2 Å². The van der Waals surface area contributed by atoms with Crippen LogP contribution in [0.15, 0.2) is 29.6 Å². The Morgan fingerprint density at radius 2 is 1.89 bits per heavy atom. The van der Waals surface area contributed by atoms with Gasteiger partial charge in [-0.3, -0.25) is 0 Å². The fourth-order valence-corrected chi connectivity index (χ4v) is 2.78. The summed E-state index contributed by atoms with van der Waals surface area (Å²) in [6.45, 7) is 0. The van der Waals surface area contributed by atoms with Gasteiger partial charge in [-0.2, -0.15) is 13.2 Å². The van der Waals surface area contributed by atoms with Crippen molar-refractivity contribution >= 4 is 22.9 Å². The second-order valence-electron chi connectivity index (χ2n) is 3.74. The Balaban J connectivity index is 2.50. The van der Waals surface area contributed by atoms with Crippen LogP contribution in [0.1, 0.15) is 22.1 Å². The largest absolute Gasteiger partial charge is 0.419 e. The van der Waals surface area contributed by atoms with Gasteiger partial charge in [0.05, 0.1) is 15.5 Å². The predicted octanol–water partition coefficient (Wildman–Crippen LogP) is 4.64. The Kier molecular flexibility index (Phi) is 3.85. The van der Waals surface area contributed by atoms with Crippen molar-refractivity contribution in [3.63, 3.8) is 0 Å². The molecular formula is C12H7ClF4OS. The lowest BCUT2D eigenvalue weighted by Crippen LogP contribution is -2.12. The molecule has 1 unspecified atom stereocenters. The van der Waals surface area contributed by atoms with Crippen LogP contribution in [0, 0.1) is 5.82 Å². The van der Waals surface area contributed by atoms with Gasteiger partial charge in [-0.15, -0.1) is 11.3 Å². The van der Waals surface area contributed by atoms with E-state index in [0.29, 0.717) is 6.07 Å². The van der Waals surface area contributed by atoms with Crippen LogP contribution in [0.25, 0.3) is 0 Å². The number of aliphatic hydroxyl groups is 1. The Bertz CT molecular complexity index is 594. The molecule has 0 aliphatic heterocycles. The molecule has 0 aliphatic carbocycles. The van der Waals surface area contributed by atoms with E-state index in [2.05, 4.69) is 0 Å². The van der Waals surface area contributed by atoms with E-state index >= 15 is 0 Å². The Morgan fingerprint density at radius 1 is 1.21 bits per heavy atom. The van der Waals surface area contributed by atoms with Crippen molar-refractivity contribution in [1.29, 1.82) is 0 Å². The minimum atomic E-state index is -4.81. The molecule has 19 heavy (non-hydrogen) atoms. The molecule has 0 saturated heterocycles. The molecule has 2 rings (SSSR count). The summed E-state index contributed by atoms with van der Waals surface area (Å²) in [5, 5.41) is 11.7. The number of halogens is 5. The first-order chi connectivity index (χ1) is 8.82. The minimum Gasteiger partial charge on any atom is -0.383 e. The third-order valence-electron chi connectivity index (χ3n) is 2.52. The summed E-state index contributed by atoms with van der Waals surface area (Å²) < 4.78 is 51.5. The average Bonchev–Trinajstić information content (AvgIpc) is 2.73. The van der Waals surface area contributed by atoms with Gasteiger partial charge in [0.25, 0.3) is 0 Å². The standard InChI is InChI=1S/C12H7ClF4OS/c13-8-4-5-19-11(8)10(18)6-2-1-3-7(9(6)14)12(15,16)17/h1-5,10,18H. The highest BCUT2D eigenvalue weighted by molar-refractivity contribution is 7.10. The van der Waals surface area contributed by atoms with Crippen molar-refractivity contribution in [1.82, 2.24) is 0 Å². The van der Waals surface area contributed by atoms with Crippen LogP contribution in [0.3, 0.4) is 0 Å². The maximum absolute atomic E-state index is 13.8. The lowest BCUT2D eigenvalue weighted by molar-refractivity contribution is -0.140. The first-order valence-electron chi connectivity index (χ1n) is 5.09. The smallest absolute Gasteiger partial charge is 0.383 e. The third-order valence-corrected chi connectivity index (χ3v) is 3.93. The van der Waals surface area contributed by atoms with Crippen LogP contribution < -0.4 is 0 Å². The monoisotopic (exact) mass is 310 g/mol. The summed E-state index contributed by atoms with van der Waals surface area (Å²) in [6, 6.07) is 4.26. The van der Waals surface area contributed by atoms with E-state index in [0.717, 1.165) is 23.5 Å². The molecule has 102 valence electrons. The second-order valence-corrected chi connectivity index (χ2v) is 5.10. The second kappa shape index (κ2) is 5.11. The minimum absolute atomic E-state index is 0.189. The van der Waals surface area contributed by atoms with Gasteiger partial charge in [-0.25, -0.2) is 4.39 Å². The first kappa shape index (κ1) is 14.3. The zero-order valence-corrected chi connectivity index (χ0v) is 10.8. The SMILES string of the molecule is OC(c1cccc(C(F)(F)F)c1F)c1sccc1Cl. The summed E-state index contributed by atoms with van der Waals surface area (Å²) >= 11 is 6.82. The number of thiophene rings is 1. The molecule has 1 nitrogen and oxygen atoms in total. The quantitative estimate of drug-likeness (QED) is 0.801. The van der Waals surface area contributed by atoms with E-state index < -0.39 is 29.2 Å². The summed E-state index contributed by atoms with van der Waals surface area (Å²) in [5.41, 5.74) is -1.85. The normalized spacial score (nSPS) is 13.6. The zero-order valence-electron chi connectivity index (χ0n) is 9.21. The summed E-state index contributed by atoms with van der Waals surface area (Å²) in [7, 11) is 0. The Hall–Kier alpha value is -1.11. The van der Waals surface area contributed by atoms with E-state index in [1.54, 1.807) is 5.38 Å². The molecule has 0 fully saturated rings. The van der Waals surface area contributed by atoms with Crippen LogP contribution >= 0.6 is 22.9 Å². The maximum atomic E-state index is 13.8. The fourth-order valence-electron chi connectivity index (χ4n) is 1.62. The van der Waals surface area contributed by atoms with Gasteiger partial charge in [0, 0.05) is 5.56 Å². The molecule has 2 aromatic rings. The molecule has 0 aliphatic rings. The van der Waals surface area contributed by atoms with Crippen molar-refractivity contribution in [2.45, 2.75) is 12.3 Å². The average molecular weight is 311 g/mol. The first-order valence-corrected chi connectivity index (χ1v) is 6.34. The molecule has 0 radical (unpaired) electrons. The highest BCUT2D eigenvalue weighted by Crippen LogP contribution is 2.38. The highest BCUT2D eigenvalue weighted by Gasteiger charge is 2.36. The molecule has 0 amide bonds. The molecule has 0 saturated carbocycles. The van der Waals surface area contributed by atoms with Crippen molar-refractivity contribution in [2.24, 2.45) is 0 Å². The lowest BCUT2D eigenvalue weighted by atomic mass is 10.0. The zero-order chi connectivity index (χ0) is 14.2. The summed E-state index contributed by atoms with van der Waals surface area (Å²) in [6.07, 6.45) is -6.33. The van der Waals surface area contributed by atoms with Gasteiger partial charge in [0.2, 0.25) is 0 Å². The van der Waals surface area contributed by atoms with Gasteiger partial charge in [-0.1, -0.05) is 23.7 Å². The Morgan fingerprint density at radius 3 is 2.42 bits per heavy atom. The molecule has 1 aromatic carbocycles. The number of hydrogen-bond donors (Lipinski definition) is 1. The van der Waals surface area contributed by atoms with Crippen LogP contribution in [-0.2, 0) is 6.18 Å². The van der Waals surface area contributed by atoms with E-state index in [-0.39, 0.29) is 9.90 Å². The molecule has 7 heteroatoms. The highest BCUT2D eigenvalue weighted by atomic mass is 35.5. The molecule has 1 aromatic heterocycles. The van der Waals surface area contributed by atoms with Gasteiger partial charge >= 0.3 is 6.18 Å². The van der Waals surface area contributed by atoms with Crippen molar-refractivity contribution in [3.8, 4) is 0 Å². The van der Waals surface area contributed by atoms with Crippen molar-refractivity contribution < 1.29 is 22.7 Å². The summed E-state index contributed by atoms with van der Waals surface area (Å²) in [4.78, 5) is 0.208. The van der Waals surface area contributed by atoms with Gasteiger partial charge in [0.15, 0.2) is 0 Å². The number of benzene rings is 1. The van der Waals surface area contributed by atoms with E-state index in [1.165, 1.54) is 6.07 Å².